The Morgan fingerprint density at radius 3 is 2.61 bits per heavy atom. The summed E-state index contributed by atoms with van der Waals surface area (Å²) in [5, 5.41) is 0. The monoisotopic (exact) mass is 477 g/mol. The second-order valence-electron chi connectivity index (χ2n) is 8.76. The van der Waals surface area contributed by atoms with E-state index in [1.165, 1.54) is 0 Å². The maximum Gasteiger partial charge on any atom is 0.248 e. The van der Waals surface area contributed by atoms with Gasteiger partial charge >= 0.3 is 0 Å². The van der Waals surface area contributed by atoms with E-state index >= 15 is 0 Å². The predicted octanol–water partition coefficient (Wildman–Crippen LogP) is 4.89. The molecule has 0 saturated carbocycles. The number of aromatic nitrogens is 4. The Balaban J connectivity index is 1.35. The molecular formula is C28H23N5O3. The zero-order valence-corrected chi connectivity index (χ0v) is 19.4. The van der Waals surface area contributed by atoms with Crippen LogP contribution in [0.15, 0.2) is 83.9 Å². The van der Waals surface area contributed by atoms with Crippen LogP contribution in [0.4, 0.5) is 0 Å². The number of likely N-dealkylation sites (tertiary alicyclic amines) is 1. The van der Waals surface area contributed by atoms with Crippen LogP contribution in [0.5, 0.6) is 11.5 Å². The maximum absolute atomic E-state index is 12.3. The predicted molar refractivity (Wildman–Crippen MR) is 137 cm³/mol. The van der Waals surface area contributed by atoms with E-state index in [-0.39, 0.29) is 11.5 Å². The Hall–Kier alpha value is -4.72. The molecule has 178 valence electrons. The average molecular weight is 478 g/mol. The van der Waals surface area contributed by atoms with Gasteiger partial charge in [-0.25, -0.2) is 4.98 Å². The first-order valence-corrected chi connectivity index (χ1v) is 11.8. The molecule has 8 heteroatoms. The van der Waals surface area contributed by atoms with Crippen molar-refractivity contribution in [2.24, 2.45) is 0 Å². The van der Waals surface area contributed by atoms with Gasteiger partial charge in [0.1, 0.15) is 17.2 Å². The summed E-state index contributed by atoms with van der Waals surface area (Å²) >= 11 is 0. The molecule has 4 heterocycles. The molecule has 2 aromatic carbocycles. The number of nitrogens with zero attached hydrogens (tertiary/aromatic N) is 3. The van der Waals surface area contributed by atoms with E-state index in [1.54, 1.807) is 18.5 Å². The molecular weight excluding hydrogens is 454 g/mol. The second kappa shape index (κ2) is 9.14. The third-order valence-corrected chi connectivity index (χ3v) is 6.29. The highest BCUT2D eigenvalue weighted by Gasteiger charge is 2.22. The van der Waals surface area contributed by atoms with Crippen LogP contribution >= 0.6 is 0 Å². The van der Waals surface area contributed by atoms with E-state index in [1.807, 2.05) is 65.6 Å². The Morgan fingerprint density at radius 2 is 1.86 bits per heavy atom. The van der Waals surface area contributed by atoms with Crippen LogP contribution in [-0.4, -0.2) is 37.3 Å². The largest absolute Gasteiger partial charge is 0.457 e. The third kappa shape index (κ3) is 4.36. The van der Waals surface area contributed by atoms with Gasteiger partial charge in [-0.1, -0.05) is 18.2 Å². The Labute approximate surface area is 206 Å². The normalized spacial score (nSPS) is 13.4. The number of aromatic amines is 2. The summed E-state index contributed by atoms with van der Waals surface area (Å²) in [7, 11) is 0. The molecule has 36 heavy (non-hydrogen) atoms. The number of rotatable bonds is 6. The molecule has 2 N–H and O–H groups in total. The summed E-state index contributed by atoms with van der Waals surface area (Å²) < 4.78 is 6.32. The molecule has 1 saturated heterocycles. The van der Waals surface area contributed by atoms with Crippen molar-refractivity contribution in [2.75, 3.05) is 6.54 Å². The zero-order chi connectivity index (χ0) is 24.5. The number of carbonyl (C=O) groups is 1. The smallest absolute Gasteiger partial charge is 0.248 e. The molecule has 1 fully saturated rings. The van der Waals surface area contributed by atoms with Gasteiger partial charge in [0, 0.05) is 49.6 Å². The first-order chi connectivity index (χ1) is 17.6. The van der Waals surface area contributed by atoms with Gasteiger partial charge in [0.25, 0.3) is 0 Å². The number of amides is 1. The van der Waals surface area contributed by atoms with Gasteiger partial charge in [-0.2, -0.15) is 0 Å². The summed E-state index contributed by atoms with van der Waals surface area (Å²) in [6, 6.07) is 20.6. The molecule has 5 aromatic rings. The molecule has 1 aliphatic rings. The molecule has 8 nitrogen and oxygen atoms in total. The Morgan fingerprint density at radius 1 is 0.972 bits per heavy atom. The van der Waals surface area contributed by atoms with Crippen LogP contribution in [0.2, 0.25) is 0 Å². The van der Waals surface area contributed by atoms with Crippen molar-refractivity contribution in [1.82, 2.24) is 24.8 Å². The molecule has 0 unspecified atom stereocenters. The van der Waals surface area contributed by atoms with Crippen LogP contribution in [0.25, 0.3) is 33.7 Å². The van der Waals surface area contributed by atoms with Gasteiger partial charge in [0.05, 0.1) is 11.0 Å². The highest BCUT2D eigenvalue weighted by molar-refractivity contribution is 5.82. The lowest BCUT2D eigenvalue weighted by molar-refractivity contribution is -0.128. The Bertz CT molecular complexity index is 1610. The number of fused-ring (bicyclic) bond motifs is 1. The van der Waals surface area contributed by atoms with Crippen molar-refractivity contribution in [3.05, 3.63) is 95.0 Å². The standard InChI is InChI=1S/C28H23N5O3/c34-26-15-19(10-12-30-26)18-6-8-21(9-7-18)36-25-16-24-23(14-20(25)17-33-13-3-5-27(33)35)31-28(32-24)22-4-1-2-11-29-22/h1-2,4,6-12,14-16H,3,5,13,17H2,(H,30,34)(H,31,32). The number of nitrogens with one attached hydrogen (secondary N) is 2. The number of hydrogen-bond acceptors (Lipinski definition) is 5. The number of hydrogen-bond donors (Lipinski definition) is 2. The minimum atomic E-state index is -0.147. The van der Waals surface area contributed by atoms with E-state index < -0.39 is 0 Å². The fourth-order valence-corrected chi connectivity index (χ4v) is 4.47. The zero-order valence-electron chi connectivity index (χ0n) is 19.4. The first kappa shape index (κ1) is 21.8. The summed E-state index contributed by atoms with van der Waals surface area (Å²) in [5.74, 6) is 2.12. The number of imidazole rings is 1. The van der Waals surface area contributed by atoms with Crippen LogP contribution in [0.1, 0.15) is 18.4 Å². The lowest BCUT2D eigenvalue weighted by Gasteiger charge is -2.18. The lowest BCUT2D eigenvalue weighted by atomic mass is 10.1. The van der Waals surface area contributed by atoms with Crippen molar-refractivity contribution in [1.29, 1.82) is 0 Å². The molecule has 0 aliphatic carbocycles. The highest BCUT2D eigenvalue weighted by atomic mass is 16.5. The third-order valence-electron chi connectivity index (χ3n) is 6.29. The molecule has 0 bridgehead atoms. The highest BCUT2D eigenvalue weighted by Crippen LogP contribution is 2.33. The van der Waals surface area contributed by atoms with E-state index in [4.69, 9.17) is 9.72 Å². The van der Waals surface area contributed by atoms with Gasteiger partial charge in [0.15, 0.2) is 5.82 Å². The summed E-state index contributed by atoms with van der Waals surface area (Å²) in [5.41, 5.74) is 4.86. The van der Waals surface area contributed by atoms with Gasteiger partial charge < -0.3 is 19.6 Å². The number of H-pyrrole nitrogens is 2. The first-order valence-electron chi connectivity index (χ1n) is 11.8. The van der Waals surface area contributed by atoms with Crippen molar-refractivity contribution in [3.63, 3.8) is 0 Å². The molecule has 0 atom stereocenters. The van der Waals surface area contributed by atoms with Gasteiger partial charge in [-0.15, -0.1) is 0 Å². The van der Waals surface area contributed by atoms with Gasteiger partial charge in [-0.05, 0) is 53.9 Å². The Kier molecular flexibility index (Phi) is 5.53. The molecule has 1 aliphatic heterocycles. The van der Waals surface area contributed by atoms with Crippen molar-refractivity contribution in [3.8, 4) is 34.1 Å². The van der Waals surface area contributed by atoms with E-state index in [9.17, 15) is 9.59 Å². The van der Waals surface area contributed by atoms with Crippen molar-refractivity contribution >= 4 is 16.9 Å². The molecule has 0 radical (unpaired) electrons. The van der Waals surface area contributed by atoms with Gasteiger partial charge in [0.2, 0.25) is 11.5 Å². The summed E-state index contributed by atoms with van der Waals surface area (Å²) in [6.45, 7) is 1.20. The minimum absolute atomic E-state index is 0.147. The fourth-order valence-electron chi connectivity index (χ4n) is 4.47. The summed E-state index contributed by atoms with van der Waals surface area (Å²) in [4.78, 5) is 40.9. The molecule has 6 rings (SSSR count). The minimum Gasteiger partial charge on any atom is -0.457 e. The van der Waals surface area contributed by atoms with Crippen LogP contribution in [-0.2, 0) is 11.3 Å². The quantitative estimate of drug-likeness (QED) is 0.362. The molecule has 3 aromatic heterocycles. The van der Waals surface area contributed by atoms with Crippen LogP contribution in [0.3, 0.4) is 0 Å². The van der Waals surface area contributed by atoms with Gasteiger partial charge in [-0.3, -0.25) is 14.6 Å². The number of benzene rings is 2. The number of carbonyl (C=O) groups excluding carboxylic acids is 1. The van der Waals surface area contributed by atoms with Crippen LogP contribution in [0, 0.1) is 0 Å². The van der Waals surface area contributed by atoms with Crippen molar-refractivity contribution in [2.45, 2.75) is 19.4 Å². The number of pyridine rings is 2. The van der Waals surface area contributed by atoms with E-state index in [0.717, 1.165) is 46.4 Å². The molecule has 0 spiro atoms. The second-order valence-corrected chi connectivity index (χ2v) is 8.76. The average Bonchev–Trinajstić information content (AvgIpc) is 3.50. The topological polar surface area (TPSA) is 104 Å². The van der Waals surface area contributed by atoms with Crippen molar-refractivity contribution < 1.29 is 9.53 Å². The maximum atomic E-state index is 12.3. The number of ether oxygens (including phenoxy) is 1. The fraction of sp³-hybridized carbons (Fsp3) is 0.143. The lowest BCUT2D eigenvalue weighted by Crippen LogP contribution is -2.24. The van der Waals surface area contributed by atoms with Crippen LogP contribution < -0.4 is 10.3 Å². The summed E-state index contributed by atoms with van der Waals surface area (Å²) in [6.07, 6.45) is 4.81. The van der Waals surface area contributed by atoms with E-state index in [0.29, 0.717) is 30.3 Å². The SMILES string of the molecule is O=C1CCCN1Cc1cc2[nH]c(-c3ccccn3)nc2cc1Oc1ccc(-c2cc[nH]c(=O)c2)cc1. The molecule has 1 amide bonds. The van der Waals surface area contributed by atoms with E-state index in [2.05, 4.69) is 15.0 Å².